The van der Waals surface area contributed by atoms with Gasteiger partial charge in [0.25, 0.3) is 0 Å². The summed E-state index contributed by atoms with van der Waals surface area (Å²) in [6, 6.07) is 16.3. The average molecular weight is 469 g/mol. The van der Waals surface area contributed by atoms with Crippen LogP contribution in [0, 0.1) is 5.92 Å². The second-order valence-electron chi connectivity index (χ2n) is 8.40. The van der Waals surface area contributed by atoms with Crippen molar-refractivity contribution in [2.75, 3.05) is 33.4 Å². The molecule has 34 heavy (non-hydrogen) atoms. The topological polar surface area (TPSA) is 123 Å². The van der Waals surface area contributed by atoms with Crippen LogP contribution in [0.1, 0.15) is 23.5 Å². The molecule has 4 rings (SSSR count). The van der Waals surface area contributed by atoms with Crippen LogP contribution in [0.15, 0.2) is 48.5 Å². The Balaban J connectivity index is 1.22. The summed E-state index contributed by atoms with van der Waals surface area (Å²) >= 11 is 0. The second kappa shape index (κ2) is 10.7. The minimum Gasteiger partial charge on any atom is -0.479 e. The van der Waals surface area contributed by atoms with Crippen molar-refractivity contribution in [3.63, 3.8) is 0 Å². The Hall–Kier alpha value is -3.43. The normalized spacial score (nSPS) is 19.7. The summed E-state index contributed by atoms with van der Waals surface area (Å²) in [6.07, 6.45) is -1.55. The first kappa shape index (κ1) is 23.7. The molecule has 9 nitrogen and oxygen atoms in total. The lowest BCUT2D eigenvalue weighted by Crippen LogP contribution is -2.40. The first-order valence-electron chi connectivity index (χ1n) is 11.2. The lowest BCUT2D eigenvalue weighted by atomic mass is 9.98. The van der Waals surface area contributed by atoms with Gasteiger partial charge in [-0.3, -0.25) is 4.79 Å². The van der Waals surface area contributed by atoms with Crippen LogP contribution in [0.3, 0.4) is 0 Å². The van der Waals surface area contributed by atoms with Crippen molar-refractivity contribution >= 4 is 18.0 Å². The summed E-state index contributed by atoms with van der Waals surface area (Å²) in [4.78, 5) is 35.6. The quantitative estimate of drug-likeness (QED) is 0.515. The number of hydrogen-bond donors (Lipinski definition) is 3. The maximum absolute atomic E-state index is 12.3. The third kappa shape index (κ3) is 5.21. The van der Waals surface area contributed by atoms with Gasteiger partial charge in [-0.1, -0.05) is 48.5 Å². The molecule has 1 aliphatic carbocycles. The van der Waals surface area contributed by atoms with Gasteiger partial charge in [0.1, 0.15) is 6.61 Å². The molecule has 3 N–H and O–H groups in total. The summed E-state index contributed by atoms with van der Waals surface area (Å²) in [6.45, 7) is 0.522. The molecule has 0 saturated carbocycles. The Morgan fingerprint density at radius 3 is 2.32 bits per heavy atom. The van der Waals surface area contributed by atoms with Crippen LogP contribution >= 0.6 is 0 Å². The van der Waals surface area contributed by atoms with Crippen LogP contribution < -0.4 is 10.6 Å². The van der Waals surface area contributed by atoms with E-state index in [4.69, 9.17) is 19.3 Å². The molecule has 2 aromatic carbocycles. The molecule has 9 heteroatoms. The SMILES string of the molecule is COC(CNC(=O)C1COC(CNC(=O)OCC2c3ccccc3-c3ccccc32)C1)C(=O)O. The maximum Gasteiger partial charge on any atom is 0.407 e. The van der Waals surface area contributed by atoms with E-state index in [-0.39, 0.29) is 44.2 Å². The first-order chi connectivity index (χ1) is 16.5. The molecular weight excluding hydrogens is 440 g/mol. The molecule has 0 radical (unpaired) electrons. The third-order valence-electron chi connectivity index (χ3n) is 6.29. The minimum atomic E-state index is -1.14. The number of benzene rings is 2. The van der Waals surface area contributed by atoms with Gasteiger partial charge in [-0.2, -0.15) is 0 Å². The Labute approximate surface area is 197 Å². The van der Waals surface area contributed by atoms with Crippen LogP contribution in [-0.2, 0) is 23.8 Å². The Morgan fingerprint density at radius 2 is 1.71 bits per heavy atom. The molecule has 0 aromatic heterocycles. The number of methoxy groups -OCH3 is 1. The minimum absolute atomic E-state index is 0.0179. The van der Waals surface area contributed by atoms with Gasteiger partial charge in [0.05, 0.1) is 25.2 Å². The van der Waals surface area contributed by atoms with E-state index >= 15 is 0 Å². The molecule has 0 bridgehead atoms. The van der Waals surface area contributed by atoms with E-state index in [1.165, 1.54) is 7.11 Å². The largest absolute Gasteiger partial charge is 0.479 e. The van der Waals surface area contributed by atoms with E-state index < -0.39 is 24.1 Å². The first-order valence-corrected chi connectivity index (χ1v) is 11.2. The molecule has 1 heterocycles. The van der Waals surface area contributed by atoms with E-state index in [2.05, 4.69) is 34.9 Å². The Kier molecular flexibility index (Phi) is 7.44. The van der Waals surface area contributed by atoms with Crippen LogP contribution in [-0.4, -0.2) is 68.7 Å². The molecule has 2 aliphatic rings. The van der Waals surface area contributed by atoms with Gasteiger partial charge in [0.15, 0.2) is 6.10 Å². The monoisotopic (exact) mass is 468 g/mol. The average Bonchev–Trinajstić information content (AvgIpc) is 3.44. The number of carbonyl (C=O) groups is 3. The summed E-state index contributed by atoms with van der Waals surface area (Å²) in [5.41, 5.74) is 4.61. The number of alkyl carbamates (subject to hydrolysis) is 1. The molecule has 180 valence electrons. The lowest BCUT2D eigenvalue weighted by molar-refractivity contribution is -0.148. The standard InChI is InChI=1S/C25H28N2O7/c1-32-22(24(29)30)12-26-23(28)15-10-16(33-13-15)11-27-25(31)34-14-21-19-8-4-2-6-17(19)18-7-3-5-9-20(18)21/h2-9,15-16,21-22H,10-14H2,1H3,(H,26,28)(H,27,31)(H,29,30). The number of ether oxygens (including phenoxy) is 3. The predicted octanol–water partition coefficient (Wildman–Crippen LogP) is 2.15. The van der Waals surface area contributed by atoms with Crippen molar-refractivity contribution in [1.82, 2.24) is 10.6 Å². The van der Waals surface area contributed by atoms with Crippen LogP contribution in [0.2, 0.25) is 0 Å². The highest BCUT2D eigenvalue weighted by atomic mass is 16.5. The zero-order valence-corrected chi connectivity index (χ0v) is 18.9. The lowest BCUT2D eigenvalue weighted by Gasteiger charge is -2.16. The van der Waals surface area contributed by atoms with Crippen LogP contribution in [0.4, 0.5) is 4.79 Å². The maximum atomic E-state index is 12.3. The van der Waals surface area contributed by atoms with Crippen molar-refractivity contribution in [1.29, 1.82) is 0 Å². The number of fused-ring (bicyclic) bond motifs is 3. The molecule has 2 amide bonds. The van der Waals surface area contributed by atoms with Gasteiger partial charge in [0.2, 0.25) is 5.91 Å². The fourth-order valence-electron chi connectivity index (χ4n) is 4.49. The van der Waals surface area contributed by atoms with Gasteiger partial charge in [-0.05, 0) is 28.7 Å². The van der Waals surface area contributed by atoms with Crippen LogP contribution in [0.25, 0.3) is 11.1 Å². The number of carboxylic acids is 1. The fraction of sp³-hybridized carbons (Fsp3) is 0.400. The fourth-order valence-corrected chi connectivity index (χ4v) is 4.49. The van der Waals surface area contributed by atoms with Gasteiger partial charge >= 0.3 is 12.1 Å². The Bertz CT molecular complexity index is 1010. The Morgan fingerprint density at radius 1 is 1.06 bits per heavy atom. The zero-order chi connectivity index (χ0) is 24.1. The number of amides is 2. The molecule has 1 saturated heterocycles. The highest BCUT2D eigenvalue weighted by Gasteiger charge is 2.32. The van der Waals surface area contributed by atoms with Crippen molar-refractivity contribution in [2.45, 2.75) is 24.5 Å². The highest BCUT2D eigenvalue weighted by molar-refractivity contribution is 5.81. The molecule has 3 unspecified atom stereocenters. The van der Waals surface area contributed by atoms with Gasteiger partial charge in [-0.25, -0.2) is 9.59 Å². The third-order valence-corrected chi connectivity index (χ3v) is 6.29. The molecular formula is C25H28N2O7. The number of carboxylic acid groups (broad SMARTS) is 1. The van der Waals surface area contributed by atoms with Crippen molar-refractivity contribution < 1.29 is 33.7 Å². The molecule has 0 spiro atoms. The number of rotatable bonds is 9. The van der Waals surface area contributed by atoms with Gasteiger partial charge in [-0.15, -0.1) is 0 Å². The predicted molar refractivity (Wildman–Crippen MR) is 122 cm³/mol. The smallest absolute Gasteiger partial charge is 0.407 e. The van der Waals surface area contributed by atoms with E-state index in [1.807, 2.05) is 24.3 Å². The van der Waals surface area contributed by atoms with Gasteiger partial charge in [0, 0.05) is 19.6 Å². The molecule has 1 fully saturated rings. The number of nitrogens with one attached hydrogen (secondary N) is 2. The summed E-state index contributed by atoms with van der Waals surface area (Å²) in [5, 5.41) is 14.3. The van der Waals surface area contributed by atoms with E-state index in [0.29, 0.717) is 6.42 Å². The van der Waals surface area contributed by atoms with Crippen LogP contribution in [0.5, 0.6) is 0 Å². The molecule has 1 aliphatic heterocycles. The molecule has 2 aromatic rings. The summed E-state index contributed by atoms with van der Waals surface area (Å²) in [7, 11) is 1.27. The summed E-state index contributed by atoms with van der Waals surface area (Å²) < 4.78 is 15.9. The van der Waals surface area contributed by atoms with E-state index in [0.717, 1.165) is 22.3 Å². The summed E-state index contributed by atoms with van der Waals surface area (Å²) in [5.74, 6) is -1.88. The molecule has 3 atom stereocenters. The van der Waals surface area contributed by atoms with E-state index in [1.54, 1.807) is 0 Å². The van der Waals surface area contributed by atoms with Crippen molar-refractivity contribution in [3.8, 4) is 11.1 Å². The number of aliphatic carboxylic acids is 1. The second-order valence-corrected chi connectivity index (χ2v) is 8.40. The number of hydrogen-bond acceptors (Lipinski definition) is 6. The van der Waals surface area contributed by atoms with E-state index in [9.17, 15) is 14.4 Å². The zero-order valence-electron chi connectivity index (χ0n) is 18.9. The van der Waals surface area contributed by atoms with Crippen molar-refractivity contribution in [2.24, 2.45) is 5.92 Å². The van der Waals surface area contributed by atoms with Crippen molar-refractivity contribution in [3.05, 3.63) is 59.7 Å². The highest BCUT2D eigenvalue weighted by Crippen LogP contribution is 2.44. The number of carbonyl (C=O) groups excluding carboxylic acids is 2. The van der Waals surface area contributed by atoms with Gasteiger partial charge < -0.3 is 30.0 Å².